The van der Waals surface area contributed by atoms with E-state index in [2.05, 4.69) is 0 Å². The van der Waals surface area contributed by atoms with Gasteiger partial charge in [0.15, 0.2) is 11.5 Å². The second-order valence-electron chi connectivity index (χ2n) is 6.55. The smallest absolute Gasteiger partial charge is 0.257 e. The van der Waals surface area contributed by atoms with Crippen LogP contribution in [0.2, 0.25) is 0 Å². The Labute approximate surface area is 142 Å². The van der Waals surface area contributed by atoms with E-state index < -0.39 is 0 Å². The summed E-state index contributed by atoms with van der Waals surface area (Å²) in [5, 5.41) is 0. The molecular formula is C18H25NO5. The molecule has 2 fully saturated rings. The summed E-state index contributed by atoms with van der Waals surface area (Å²) in [7, 11) is 4.83. The summed E-state index contributed by atoms with van der Waals surface area (Å²) >= 11 is 0. The largest absolute Gasteiger partial charge is 0.493 e. The lowest BCUT2D eigenvalue weighted by molar-refractivity contribution is -0.0951. The molecule has 0 bridgehead atoms. The third-order valence-electron chi connectivity index (χ3n) is 4.89. The van der Waals surface area contributed by atoms with Crippen LogP contribution in [-0.4, -0.2) is 64.0 Å². The molecule has 0 aromatic heterocycles. The average Bonchev–Trinajstić information content (AvgIpc) is 3.01. The molecule has 1 amide bonds. The maximum absolute atomic E-state index is 12.8. The number of amides is 1. The van der Waals surface area contributed by atoms with Gasteiger partial charge in [0.2, 0.25) is 0 Å². The number of methoxy groups -OCH3 is 3. The number of para-hydroxylation sites is 1. The molecule has 6 heteroatoms. The predicted molar refractivity (Wildman–Crippen MR) is 88.7 cm³/mol. The van der Waals surface area contributed by atoms with E-state index in [0.717, 1.165) is 26.1 Å². The number of nitrogens with zero attached hydrogens (tertiary/aromatic N) is 1. The number of hydrogen-bond donors (Lipinski definition) is 0. The fraction of sp³-hybridized carbons (Fsp3) is 0.611. The van der Waals surface area contributed by atoms with Crippen molar-refractivity contribution in [1.29, 1.82) is 0 Å². The van der Waals surface area contributed by atoms with Crippen molar-refractivity contribution in [1.82, 2.24) is 4.90 Å². The van der Waals surface area contributed by atoms with Crippen molar-refractivity contribution in [2.45, 2.75) is 18.4 Å². The van der Waals surface area contributed by atoms with Gasteiger partial charge in [0, 0.05) is 13.7 Å². The van der Waals surface area contributed by atoms with Crippen LogP contribution in [0.4, 0.5) is 0 Å². The van der Waals surface area contributed by atoms with Gasteiger partial charge in [-0.25, -0.2) is 0 Å². The Hall–Kier alpha value is -1.79. The van der Waals surface area contributed by atoms with Gasteiger partial charge in [-0.2, -0.15) is 0 Å². The van der Waals surface area contributed by atoms with Crippen molar-refractivity contribution >= 4 is 5.91 Å². The third-order valence-corrected chi connectivity index (χ3v) is 4.89. The van der Waals surface area contributed by atoms with Gasteiger partial charge in [0.25, 0.3) is 5.91 Å². The van der Waals surface area contributed by atoms with Crippen LogP contribution in [0, 0.1) is 5.92 Å². The van der Waals surface area contributed by atoms with E-state index in [9.17, 15) is 4.79 Å². The van der Waals surface area contributed by atoms with E-state index >= 15 is 0 Å². The molecule has 1 aromatic rings. The number of ether oxygens (including phenoxy) is 4. The van der Waals surface area contributed by atoms with E-state index in [1.165, 1.54) is 0 Å². The number of rotatable bonds is 6. The Bertz CT molecular complexity index is 597. The number of hydrogen-bond acceptors (Lipinski definition) is 5. The highest BCUT2D eigenvalue weighted by Gasteiger charge is 2.51. The Kier molecular flexibility index (Phi) is 4.96. The van der Waals surface area contributed by atoms with Crippen LogP contribution in [0.25, 0.3) is 0 Å². The molecule has 1 aromatic carbocycles. The highest BCUT2D eigenvalue weighted by molar-refractivity contribution is 5.98. The minimum atomic E-state index is -0.166. The topological polar surface area (TPSA) is 57.2 Å². The molecule has 1 atom stereocenters. The molecule has 0 radical (unpaired) electrons. The molecule has 0 aliphatic carbocycles. The molecule has 24 heavy (non-hydrogen) atoms. The first kappa shape index (κ1) is 17.0. The quantitative estimate of drug-likeness (QED) is 0.795. The number of carbonyl (C=O) groups is 1. The zero-order chi connectivity index (χ0) is 17.2. The van der Waals surface area contributed by atoms with E-state index in [1.807, 2.05) is 4.90 Å². The van der Waals surface area contributed by atoms with Crippen LogP contribution >= 0.6 is 0 Å². The van der Waals surface area contributed by atoms with Gasteiger partial charge in [-0.15, -0.1) is 0 Å². The molecule has 0 saturated carbocycles. The molecule has 2 aliphatic heterocycles. The zero-order valence-electron chi connectivity index (χ0n) is 14.5. The van der Waals surface area contributed by atoms with Crippen LogP contribution < -0.4 is 9.47 Å². The number of likely N-dealkylation sites (tertiary alicyclic amines) is 1. The van der Waals surface area contributed by atoms with Crippen LogP contribution in [0.1, 0.15) is 23.2 Å². The van der Waals surface area contributed by atoms with Gasteiger partial charge in [0.1, 0.15) is 5.60 Å². The van der Waals surface area contributed by atoms with Gasteiger partial charge in [-0.1, -0.05) is 6.07 Å². The van der Waals surface area contributed by atoms with Crippen molar-refractivity contribution in [3.8, 4) is 11.5 Å². The minimum absolute atomic E-state index is 0.0414. The molecule has 2 saturated heterocycles. The van der Waals surface area contributed by atoms with Crippen LogP contribution in [0.3, 0.4) is 0 Å². The van der Waals surface area contributed by atoms with E-state index in [0.29, 0.717) is 36.1 Å². The Morgan fingerprint density at radius 3 is 2.75 bits per heavy atom. The van der Waals surface area contributed by atoms with Crippen LogP contribution in [0.15, 0.2) is 18.2 Å². The van der Waals surface area contributed by atoms with Gasteiger partial charge >= 0.3 is 0 Å². The normalized spacial score (nSPS) is 21.6. The van der Waals surface area contributed by atoms with Gasteiger partial charge in [-0.3, -0.25) is 4.79 Å². The fourth-order valence-electron chi connectivity index (χ4n) is 3.65. The first-order valence-corrected chi connectivity index (χ1v) is 8.25. The zero-order valence-corrected chi connectivity index (χ0v) is 14.5. The Morgan fingerprint density at radius 2 is 2.08 bits per heavy atom. The molecule has 132 valence electrons. The van der Waals surface area contributed by atoms with Crippen molar-refractivity contribution < 1.29 is 23.7 Å². The summed E-state index contributed by atoms with van der Waals surface area (Å²) in [6.45, 7) is 2.78. The van der Waals surface area contributed by atoms with E-state index in [4.69, 9.17) is 18.9 Å². The highest BCUT2D eigenvalue weighted by atomic mass is 16.5. The minimum Gasteiger partial charge on any atom is -0.493 e. The predicted octanol–water partition coefficient (Wildman–Crippen LogP) is 1.97. The van der Waals surface area contributed by atoms with E-state index in [-0.39, 0.29) is 11.5 Å². The highest BCUT2D eigenvalue weighted by Crippen LogP contribution is 2.41. The molecule has 1 unspecified atom stereocenters. The standard InChI is InChI=1S/C18H25NO5/c1-21-8-7-13-9-18(24-10-13)11-19(12-18)17(20)14-5-4-6-15(22-2)16(14)23-3/h4-6,13H,7-12H2,1-3H3. The average molecular weight is 335 g/mol. The lowest BCUT2D eigenvalue weighted by Crippen LogP contribution is -2.63. The summed E-state index contributed by atoms with van der Waals surface area (Å²) < 4.78 is 21.8. The van der Waals surface area contributed by atoms with E-state index in [1.54, 1.807) is 39.5 Å². The van der Waals surface area contributed by atoms with Crippen molar-refractivity contribution in [2.75, 3.05) is 47.6 Å². The number of benzene rings is 1. The summed E-state index contributed by atoms with van der Waals surface area (Å²) in [4.78, 5) is 14.6. The maximum atomic E-state index is 12.8. The molecule has 2 aliphatic rings. The molecule has 0 N–H and O–H groups in total. The monoisotopic (exact) mass is 335 g/mol. The number of carbonyl (C=O) groups excluding carboxylic acids is 1. The maximum Gasteiger partial charge on any atom is 0.257 e. The second-order valence-corrected chi connectivity index (χ2v) is 6.55. The second kappa shape index (κ2) is 6.99. The van der Waals surface area contributed by atoms with Crippen molar-refractivity contribution in [3.05, 3.63) is 23.8 Å². The Balaban J connectivity index is 1.63. The van der Waals surface area contributed by atoms with Crippen molar-refractivity contribution in [2.24, 2.45) is 5.92 Å². The Morgan fingerprint density at radius 1 is 1.29 bits per heavy atom. The lowest BCUT2D eigenvalue weighted by atomic mass is 9.85. The molecule has 1 spiro atoms. The molecule has 6 nitrogen and oxygen atoms in total. The van der Waals surface area contributed by atoms with Gasteiger partial charge in [0.05, 0.1) is 39.5 Å². The first-order chi connectivity index (χ1) is 11.6. The molecular weight excluding hydrogens is 310 g/mol. The summed E-state index contributed by atoms with van der Waals surface area (Å²) in [6, 6.07) is 5.36. The molecule has 2 heterocycles. The van der Waals surface area contributed by atoms with Crippen LogP contribution in [0.5, 0.6) is 11.5 Å². The summed E-state index contributed by atoms with van der Waals surface area (Å²) in [5.41, 5.74) is 0.362. The lowest BCUT2D eigenvalue weighted by Gasteiger charge is -2.47. The fourth-order valence-corrected chi connectivity index (χ4v) is 3.65. The van der Waals surface area contributed by atoms with Crippen molar-refractivity contribution in [3.63, 3.8) is 0 Å². The van der Waals surface area contributed by atoms with Crippen LogP contribution in [-0.2, 0) is 9.47 Å². The SMILES string of the molecule is COCCC1COC2(C1)CN(C(=O)c1cccc(OC)c1OC)C2. The van der Waals surface area contributed by atoms with Gasteiger partial charge in [-0.05, 0) is 30.9 Å². The summed E-state index contributed by atoms with van der Waals surface area (Å²) in [5.74, 6) is 1.53. The summed E-state index contributed by atoms with van der Waals surface area (Å²) in [6.07, 6.45) is 2.01. The third kappa shape index (κ3) is 3.08. The van der Waals surface area contributed by atoms with Gasteiger partial charge < -0.3 is 23.8 Å². The first-order valence-electron chi connectivity index (χ1n) is 8.25. The molecule has 3 rings (SSSR count).